The second-order valence-electron chi connectivity index (χ2n) is 17.2. The van der Waals surface area contributed by atoms with Crippen LogP contribution >= 0.6 is 11.8 Å². The Kier molecular flexibility index (Phi) is 21.8. The number of nitrogens with zero attached hydrogens (tertiary/aromatic N) is 5. The van der Waals surface area contributed by atoms with Gasteiger partial charge in [-0.25, -0.2) is 9.36 Å². The number of amides is 3. The Hall–Kier alpha value is -5.75. The van der Waals surface area contributed by atoms with E-state index in [2.05, 4.69) is 57.6 Å². The van der Waals surface area contributed by atoms with Crippen molar-refractivity contribution in [3.8, 4) is 0 Å². The Morgan fingerprint density at radius 3 is 2.55 bits per heavy atom. The van der Waals surface area contributed by atoms with Crippen molar-refractivity contribution in [3.05, 3.63) is 134 Å². The standard InChI is InChI=1S/C50H69BN8O7S/c1-9-12-15-29-58(46(67-37(4)5)20-16-17-38-25-30-55(7)42-19-14-13-18-41(38)42)34-43(60)52-27-31-57(32-28-53-48(63)50(6,51)26-10-2)36-56(8)44(61)23-21-39-33-59(49(64)54-47(39)62)45-24-22-40(66-45)35-65-11-3/h9,12-21,23,25,30,33,40,45H,1,4,10-11,22,24,26-29,31-32,34-36,51H2,2-3,5-8H3,(H2-,52,53,54,60,62,63,64)/p+1/b15-12-,23-21+. The average Bonchev–Trinajstić information content (AvgIpc) is 3.76. The third kappa shape index (κ3) is 17.1. The highest BCUT2D eigenvalue weighted by Gasteiger charge is 2.28. The van der Waals surface area contributed by atoms with Gasteiger partial charge in [-0.15, -0.1) is 0 Å². The molecule has 3 unspecified atom stereocenters. The van der Waals surface area contributed by atoms with Crippen LogP contribution in [0.5, 0.6) is 0 Å². The molecule has 360 valence electrons. The lowest BCUT2D eigenvalue weighted by Gasteiger charge is -2.29. The van der Waals surface area contributed by atoms with Crippen LogP contribution in [0.3, 0.4) is 0 Å². The number of H-pyrrole nitrogens is 1. The number of rotatable bonds is 27. The number of pyridine rings is 1. The molecule has 3 heterocycles. The van der Waals surface area contributed by atoms with Crippen molar-refractivity contribution in [2.24, 2.45) is 7.05 Å². The maximum absolute atomic E-state index is 13.7. The van der Waals surface area contributed by atoms with E-state index in [4.69, 9.17) is 9.47 Å². The molecule has 3 atom stereocenters. The number of aromatic nitrogens is 3. The van der Waals surface area contributed by atoms with Crippen LogP contribution in [0.4, 0.5) is 0 Å². The van der Waals surface area contributed by atoms with Gasteiger partial charge in [-0.05, 0) is 61.8 Å². The molecule has 1 aromatic carbocycles. The lowest BCUT2D eigenvalue weighted by Crippen LogP contribution is -2.47. The second kappa shape index (κ2) is 27.2. The van der Waals surface area contributed by atoms with Crippen LogP contribution in [0, 0.1) is 0 Å². The zero-order valence-corrected chi connectivity index (χ0v) is 41.2. The molecule has 4 rings (SSSR count). The van der Waals surface area contributed by atoms with Crippen molar-refractivity contribution in [3.63, 3.8) is 0 Å². The minimum Gasteiger partial charge on any atom is -0.379 e. The number of allylic oxidation sites excluding steroid dienone is 5. The first-order valence-corrected chi connectivity index (χ1v) is 23.8. The molecule has 15 nitrogen and oxygen atoms in total. The maximum Gasteiger partial charge on any atom is 0.330 e. The van der Waals surface area contributed by atoms with Crippen LogP contribution in [0.1, 0.15) is 70.7 Å². The minimum atomic E-state index is -0.626. The Balaban J connectivity index is 1.46. The van der Waals surface area contributed by atoms with E-state index in [0.29, 0.717) is 52.2 Å². The van der Waals surface area contributed by atoms with Crippen molar-refractivity contribution in [2.75, 3.05) is 66.2 Å². The molecule has 3 aromatic rings. The summed E-state index contributed by atoms with van der Waals surface area (Å²) in [6.07, 6.45) is 19.8. The van der Waals surface area contributed by atoms with Gasteiger partial charge < -0.3 is 29.9 Å². The van der Waals surface area contributed by atoms with E-state index in [0.717, 1.165) is 39.2 Å². The summed E-state index contributed by atoms with van der Waals surface area (Å²) in [7, 11) is 5.57. The highest BCUT2D eigenvalue weighted by atomic mass is 32.2. The molecule has 0 spiro atoms. The third-order valence-electron chi connectivity index (χ3n) is 11.2. The fourth-order valence-corrected chi connectivity index (χ4v) is 8.33. The Labute approximate surface area is 400 Å². The van der Waals surface area contributed by atoms with Crippen molar-refractivity contribution < 1.29 is 28.4 Å². The first-order chi connectivity index (χ1) is 32.1. The summed E-state index contributed by atoms with van der Waals surface area (Å²) in [4.78, 5) is 74.4. The molecule has 0 aliphatic carbocycles. The number of ether oxygens (including phenoxy) is 2. The summed E-state index contributed by atoms with van der Waals surface area (Å²) in [5.74, 6) is -0.654. The Morgan fingerprint density at radius 2 is 1.84 bits per heavy atom. The van der Waals surface area contributed by atoms with Gasteiger partial charge in [0.2, 0.25) is 23.2 Å². The van der Waals surface area contributed by atoms with Crippen LogP contribution in [0.15, 0.2) is 112 Å². The normalized spacial score (nSPS) is 16.3. The smallest absolute Gasteiger partial charge is 0.330 e. The van der Waals surface area contributed by atoms with Gasteiger partial charge in [0.05, 0.1) is 41.9 Å². The summed E-state index contributed by atoms with van der Waals surface area (Å²) in [5, 5.41) is 7.53. The first kappa shape index (κ1) is 53.9. The number of carbonyl (C=O) groups is 3. The van der Waals surface area contributed by atoms with Crippen molar-refractivity contribution in [1.82, 2.24) is 34.9 Å². The molecule has 0 saturated carbocycles. The van der Waals surface area contributed by atoms with Gasteiger partial charge in [-0.1, -0.05) is 87.7 Å². The number of fused-ring (bicyclic) bond motifs is 1. The Morgan fingerprint density at radius 1 is 1.09 bits per heavy atom. The zero-order chi connectivity index (χ0) is 48.9. The summed E-state index contributed by atoms with van der Waals surface area (Å²) >= 11 is 1.48. The van der Waals surface area contributed by atoms with E-state index in [-0.39, 0.29) is 43.2 Å². The minimum absolute atomic E-state index is 0.0579. The number of aromatic amines is 1. The maximum atomic E-state index is 13.7. The number of para-hydroxylation sites is 1. The fraction of sp³-hybridized carbons (Fsp3) is 0.440. The largest absolute Gasteiger partial charge is 0.379 e. The number of thioether (sulfide) groups is 1. The zero-order valence-electron chi connectivity index (χ0n) is 40.4. The topological polar surface area (TPSA) is 162 Å². The second-order valence-corrected chi connectivity index (χ2v) is 18.5. The summed E-state index contributed by atoms with van der Waals surface area (Å²) in [6, 6.07) is 10.3. The van der Waals surface area contributed by atoms with Crippen LogP contribution in [0.2, 0.25) is 5.31 Å². The monoisotopic (exact) mass is 938 g/mol. The summed E-state index contributed by atoms with van der Waals surface area (Å²) < 4.78 is 14.9. The molecule has 1 aliphatic rings. The molecule has 1 fully saturated rings. The molecule has 0 bridgehead atoms. The Bertz CT molecular complexity index is 2430. The quantitative estimate of drug-likeness (QED) is 0.0322. The number of likely N-dealkylation sites (N-methyl/N-ethyl adjacent to an activating group) is 1. The van der Waals surface area contributed by atoms with Crippen molar-refractivity contribution in [2.45, 2.75) is 71.0 Å². The number of hydrogen-bond acceptors (Lipinski definition) is 10. The first-order valence-electron chi connectivity index (χ1n) is 23.0. The molecule has 1 saturated heterocycles. The van der Waals surface area contributed by atoms with E-state index in [1.165, 1.54) is 39.6 Å². The van der Waals surface area contributed by atoms with Gasteiger partial charge >= 0.3 is 5.69 Å². The van der Waals surface area contributed by atoms with Crippen LogP contribution in [0.25, 0.3) is 23.1 Å². The molecule has 17 heteroatoms. The molecule has 67 heavy (non-hydrogen) atoms. The number of aryl methyl sites for hydroxylation is 1. The van der Waals surface area contributed by atoms with Crippen LogP contribution in [-0.2, 0) is 30.9 Å². The number of nitrogens with one attached hydrogen (secondary N) is 3. The predicted octanol–water partition coefficient (Wildman–Crippen LogP) is 4.67. The SMILES string of the molecule is BC(C)(CCC)C(=O)NCCN(CCNC(=O)CN(C/C=C\C=C)/C(=C/C=C/c1cc[n+](C)c2ccccc12)SC(=C)C)CN(C)C(=O)/C=C/c1cn(C2CCC(COCC)O2)c(=O)[nH]c1=O. The molecule has 2 aromatic heterocycles. The highest BCUT2D eigenvalue weighted by Crippen LogP contribution is 2.29. The van der Waals surface area contributed by atoms with Gasteiger partial charge in [-0.2, -0.15) is 0 Å². The molecule has 3 N–H and O–H groups in total. The lowest BCUT2D eigenvalue weighted by molar-refractivity contribution is -0.644. The average molecular weight is 938 g/mol. The van der Waals surface area contributed by atoms with Gasteiger partial charge in [0.25, 0.3) is 5.56 Å². The van der Waals surface area contributed by atoms with Crippen LogP contribution in [-0.4, -0.2) is 122 Å². The van der Waals surface area contributed by atoms with E-state index < -0.39 is 28.7 Å². The summed E-state index contributed by atoms with van der Waals surface area (Å²) in [5.41, 5.74) is 1.08. The molecule has 1 aliphatic heterocycles. The van der Waals surface area contributed by atoms with E-state index in [1.54, 1.807) is 13.1 Å². The van der Waals surface area contributed by atoms with Gasteiger partial charge in [0.15, 0.2) is 6.20 Å². The van der Waals surface area contributed by atoms with Crippen LogP contribution < -0.4 is 26.4 Å². The summed E-state index contributed by atoms with van der Waals surface area (Å²) in [6.45, 7) is 18.7. The molecular weight excluding hydrogens is 867 g/mol. The van der Waals surface area contributed by atoms with E-state index in [9.17, 15) is 24.0 Å². The predicted molar refractivity (Wildman–Crippen MR) is 273 cm³/mol. The van der Waals surface area contributed by atoms with Crippen molar-refractivity contribution >= 4 is 60.4 Å². The fourth-order valence-electron chi connectivity index (χ4n) is 7.56. The van der Waals surface area contributed by atoms with E-state index >= 15 is 0 Å². The third-order valence-corrected chi connectivity index (χ3v) is 12.1. The molecule has 0 radical (unpaired) electrons. The van der Waals surface area contributed by atoms with Gasteiger partial charge in [0.1, 0.15) is 21.1 Å². The van der Waals surface area contributed by atoms with E-state index in [1.807, 2.05) is 95.0 Å². The number of hydrogen-bond donors (Lipinski definition) is 3. The highest BCUT2D eigenvalue weighted by molar-refractivity contribution is 8.06. The van der Waals surface area contributed by atoms with Crippen molar-refractivity contribution in [1.29, 1.82) is 0 Å². The molecule has 3 amide bonds. The molecular formula is C50H70BN8O7S+. The van der Waals surface area contributed by atoms with Gasteiger partial charge in [0, 0.05) is 76.1 Å². The van der Waals surface area contributed by atoms with Gasteiger partial charge in [-0.3, -0.25) is 33.6 Å². The number of carbonyl (C=O) groups excluding carboxylic acids is 3. The lowest BCUT2D eigenvalue weighted by atomic mass is 9.67. The number of benzene rings is 1.